The summed E-state index contributed by atoms with van der Waals surface area (Å²) in [6.45, 7) is 1.88. The molecule has 90 valence electrons. The number of carboxylic acid groups (broad SMARTS) is 1. The van der Waals surface area contributed by atoms with Crippen LogP contribution in [0.5, 0.6) is 0 Å². The molecule has 1 heterocycles. The first-order valence-corrected chi connectivity index (χ1v) is 5.93. The average molecular weight is 244 g/mol. The lowest BCUT2D eigenvalue weighted by atomic mass is 10.2. The van der Waals surface area contributed by atoms with Crippen molar-refractivity contribution >= 4 is 17.7 Å². The summed E-state index contributed by atoms with van der Waals surface area (Å²) in [6.07, 6.45) is 0.558. The number of rotatable bonds is 6. The average Bonchev–Trinajstić information content (AvgIpc) is 2.55. The Labute approximate surface area is 98.4 Å². The van der Waals surface area contributed by atoms with Crippen LogP contribution in [0.1, 0.15) is 12.2 Å². The van der Waals surface area contributed by atoms with Gasteiger partial charge in [0.2, 0.25) is 0 Å². The number of aromatic nitrogens is 3. The van der Waals surface area contributed by atoms with E-state index in [1.165, 1.54) is 11.8 Å². The van der Waals surface area contributed by atoms with E-state index in [2.05, 4.69) is 15.5 Å². The Morgan fingerprint density at radius 3 is 2.75 bits per heavy atom. The van der Waals surface area contributed by atoms with Gasteiger partial charge in [0, 0.05) is 12.8 Å². The zero-order valence-corrected chi connectivity index (χ0v) is 10.4. The standard InChI is InChI=1S/C9H16N4O2S/c1-6-11-12-9(13(6)3)16-5-4-7(10-2)8(14)15/h7,10H,4-5H2,1-3H3,(H,14,15). The number of likely N-dealkylation sites (N-methyl/N-ethyl adjacent to an activating group) is 1. The van der Waals surface area contributed by atoms with Gasteiger partial charge in [0.15, 0.2) is 5.16 Å². The molecule has 0 saturated heterocycles. The molecule has 0 aromatic carbocycles. The first kappa shape index (κ1) is 13.0. The van der Waals surface area contributed by atoms with E-state index in [4.69, 9.17) is 5.11 Å². The minimum Gasteiger partial charge on any atom is -0.480 e. The third kappa shape index (κ3) is 3.21. The fraction of sp³-hybridized carbons (Fsp3) is 0.667. The van der Waals surface area contributed by atoms with Crippen molar-refractivity contribution in [2.75, 3.05) is 12.8 Å². The number of nitrogens with one attached hydrogen (secondary N) is 1. The van der Waals surface area contributed by atoms with E-state index >= 15 is 0 Å². The minimum atomic E-state index is -0.822. The fourth-order valence-corrected chi connectivity index (χ4v) is 2.13. The molecule has 0 bridgehead atoms. The maximum atomic E-state index is 10.7. The van der Waals surface area contributed by atoms with E-state index in [0.717, 1.165) is 11.0 Å². The van der Waals surface area contributed by atoms with Gasteiger partial charge >= 0.3 is 5.97 Å². The van der Waals surface area contributed by atoms with Crippen LogP contribution in [0.15, 0.2) is 5.16 Å². The lowest BCUT2D eigenvalue weighted by molar-refractivity contribution is -0.139. The van der Waals surface area contributed by atoms with Crippen molar-refractivity contribution in [2.45, 2.75) is 24.5 Å². The maximum absolute atomic E-state index is 10.7. The van der Waals surface area contributed by atoms with E-state index in [1.54, 1.807) is 7.05 Å². The molecule has 1 atom stereocenters. The van der Waals surface area contributed by atoms with Crippen molar-refractivity contribution in [2.24, 2.45) is 7.05 Å². The van der Waals surface area contributed by atoms with E-state index < -0.39 is 12.0 Å². The molecular formula is C9H16N4O2S. The van der Waals surface area contributed by atoms with Crippen molar-refractivity contribution < 1.29 is 9.90 Å². The Bertz CT molecular complexity index is 366. The van der Waals surface area contributed by atoms with Gasteiger partial charge in [-0.3, -0.25) is 4.79 Å². The molecule has 1 rings (SSSR count). The highest BCUT2D eigenvalue weighted by Crippen LogP contribution is 2.16. The molecule has 0 fully saturated rings. The second-order valence-electron chi connectivity index (χ2n) is 3.41. The number of thioether (sulfide) groups is 1. The molecule has 0 radical (unpaired) electrons. The van der Waals surface area contributed by atoms with Gasteiger partial charge in [-0.2, -0.15) is 0 Å². The third-order valence-electron chi connectivity index (χ3n) is 2.34. The number of carboxylic acids is 1. The van der Waals surface area contributed by atoms with Crippen LogP contribution in [0, 0.1) is 6.92 Å². The Balaban J connectivity index is 2.41. The summed E-state index contributed by atoms with van der Waals surface area (Å²) < 4.78 is 1.89. The number of aliphatic carboxylic acids is 1. The molecule has 2 N–H and O–H groups in total. The fourth-order valence-electron chi connectivity index (χ4n) is 1.17. The summed E-state index contributed by atoms with van der Waals surface area (Å²) in [5.74, 6) is 0.729. The first-order chi connectivity index (χ1) is 7.56. The Morgan fingerprint density at radius 2 is 2.31 bits per heavy atom. The number of hydrogen-bond acceptors (Lipinski definition) is 5. The third-order valence-corrected chi connectivity index (χ3v) is 3.39. The molecule has 1 aromatic heterocycles. The molecule has 0 spiro atoms. The number of nitrogens with zero attached hydrogens (tertiary/aromatic N) is 3. The quantitative estimate of drug-likeness (QED) is 0.700. The van der Waals surface area contributed by atoms with E-state index in [-0.39, 0.29) is 0 Å². The van der Waals surface area contributed by atoms with Crippen LogP contribution >= 0.6 is 11.8 Å². The normalized spacial score (nSPS) is 12.7. The molecule has 1 unspecified atom stereocenters. The van der Waals surface area contributed by atoms with Crippen LogP contribution in [-0.2, 0) is 11.8 Å². The highest BCUT2D eigenvalue weighted by molar-refractivity contribution is 7.99. The minimum absolute atomic E-state index is 0.498. The van der Waals surface area contributed by atoms with Crippen molar-refractivity contribution in [3.05, 3.63) is 5.82 Å². The van der Waals surface area contributed by atoms with Gasteiger partial charge < -0.3 is 15.0 Å². The molecular weight excluding hydrogens is 228 g/mol. The summed E-state index contributed by atoms with van der Waals surface area (Å²) in [7, 11) is 3.54. The zero-order valence-electron chi connectivity index (χ0n) is 9.60. The Morgan fingerprint density at radius 1 is 1.62 bits per heavy atom. The van der Waals surface area contributed by atoms with Gasteiger partial charge in [0.05, 0.1) is 0 Å². The summed E-state index contributed by atoms with van der Waals surface area (Å²) >= 11 is 1.51. The molecule has 6 nitrogen and oxygen atoms in total. The van der Waals surface area contributed by atoms with E-state index in [9.17, 15) is 4.79 Å². The number of hydrogen-bond donors (Lipinski definition) is 2. The van der Waals surface area contributed by atoms with Gasteiger partial charge in [-0.15, -0.1) is 10.2 Å². The van der Waals surface area contributed by atoms with Crippen molar-refractivity contribution in [1.29, 1.82) is 0 Å². The highest BCUT2D eigenvalue weighted by atomic mass is 32.2. The smallest absolute Gasteiger partial charge is 0.320 e. The van der Waals surface area contributed by atoms with Crippen LogP contribution in [0.2, 0.25) is 0 Å². The number of aryl methyl sites for hydroxylation is 1. The molecule has 1 aromatic rings. The second-order valence-corrected chi connectivity index (χ2v) is 4.47. The predicted molar refractivity (Wildman–Crippen MR) is 61.6 cm³/mol. The van der Waals surface area contributed by atoms with Crippen LogP contribution in [0.3, 0.4) is 0 Å². The second kappa shape index (κ2) is 5.86. The molecule has 0 aliphatic heterocycles. The summed E-state index contributed by atoms with van der Waals surface area (Å²) in [5.41, 5.74) is 0. The number of carbonyl (C=O) groups is 1. The Kier molecular flexibility index (Phi) is 4.75. The molecule has 0 amide bonds. The summed E-state index contributed by atoms with van der Waals surface area (Å²) in [6, 6.07) is -0.498. The van der Waals surface area contributed by atoms with E-state index in [1.807, 2.05) is 18.5 Å². The Hall–Kier alpha value is -1.08. The predicted octanol–water partition coefficient (Wildman–Crippen LogP) is 0.278. The van der Waals surface area contributed by atoms with Crippen LogP contribution in [0.4, 0.5) is 0 Å². The molecule has 0 aliphatic carbocycles. The highest BCUT2D eigenvalue weighted by Gasteiger charge is 2.15. The van der Waals surface area contributed by atoms with Crippen LogP contribution < -0.4 is 5.32 Å². The monoisotopic (exact) mass is 244 g/mol. The summed E-state index contributed by atoms with van der Waals surface area (Å²) in [4.78, 5) is 10.7. The molecule has 7 heteroatoms. The maximum Gasteiger partial charge on any atom is 0.320 e. The largest absolute Gasteiger partial charge is 0.480 e. The molecule has 0 aliphatic rings. The van der Waals surface area contributed by atoms with Gasteiger partial charge in [-0.1, -0.05) is 11.8 Å². The lowest BCUT2D eigenvalue weighted by Crippen LogP contribution is -2.34. The van der Waals surface area contributed by atoms with Crippen LogP contribution in [0.25, 0.3) is 0 Å². The van der Waals surface area contributed by atoms with Gasteiger partial charge in [0.1, 0.15) is 11.9 Å². The van der Waals surface area contributed by atoms with Crippen molar-refractivity contribution in [3.63, 3.8) is 0 Å². The topological polar surface area (TPSA) is 80.0 Å². The van der Waals surface area contributed by atoms with Crippen molar-refractivity contribution in [1.82, 2.24) is 20.1 Å². The molecule has 0 saturated carbocycles. The SMILES string of the molecule is CNC(CCSc1nnc(C)n1C)C(=O)O. The summed E-state index contributed by atoms with van der Waals surface area (Å²) in [5, 5.41) is 20.3. The van der Waals surface area contributed by atoms with Gasteiger partial charge in [0.25, 0.3) is 0 Å². The van der Waals surface area contributed by atoms with Gasteiger partial charge in [-0.05, 0) is 20.4 Å². The zero-order chi connectivity index (χ0) is 12.1. The molecule has 16 heavy (non-hydrogen) atoms. The first-order valence-electron chi connectivity index (χ1n) is 4.95. The van der Waals surface area contributed by atoms with E-state index in [0.29, 0.717) is 12.2 Å². The lowest BCUT2D eigenvalue weighted by Gasteiger charge is -2.09. The van der Waals surface area contributed by atoms with Crippen LogP contribution in [-0.4, -0.2) is 44.7 Å². The van der Waals surface area contributed by atoms with Crippen molar-refractivity contribution in [3.8, 4) is 0 Å². The van der Waals surface area contributed by atoms with Gasteiger partial charge in [-0.25, -0.2) is 0 Å².